The first-order valence-electron chi connectivity index (χ1n) is 11.5. The van der Waals surface area contributed by atoms with Gasteiger partial charge in [0.05, 0.1) is 12.2 Å². The Hall–Kier alpha value is -3.73. The summed E-state index contributed by atoms with van der Waals surface area (Å²) in [5.41, 5.74) is 3.81. The lowest BCUT2D eigenvalue weighted by molar-refractivity contribution is 0.0734. The van der Waals surface area contributed by atoms with Crippen molar-refractivity contribution in [2.24, 2.45) is 0 Å². The molecule has 5 heteroatoms. The Balaban J connectivity index is 1.51. The molecule has 33 heavy (non-hydrogen) atoms. The van der Waals surface area contributed by atoms with Crippen molar-refractivity contribution in [2.75, 3.05) is 18.5 Å². The van der Waals surface area contributed by atoms with E-state index in [1.54, 1.807) is 0 Å². The summed E-state index contributed by atoms with van der Waals surface area (Å²) in [4.78, 5) is 27.4. The molecule has 0 aliphatic carbocycles. The number of amides is 1. The lowest BCUT2D eigenvalue weighted by Gasteiger charge is -2.33. The summed E-state index contributed by atoms with van der Waals surface area (Å²) in [5.74, 6) is 1.70. The zero-order valence-electron chi connectivity index (χ0n) is 19.3. The Morgan fingerprint density at radius 3 is 2.42 bits per heavy atom. The van der Waals surface area contributed by atoms with Crippen LogP contribution in [0.5, 0.6) is 0 Å². The third kappa shape index (κ3) is 4.07. The maximum atomic E-state index is 13.4. The molecule has 0 fully saturated rings. The van der Waals surface area contributed by atoms with Crippen LogP contribution in [0.1, 0.15) is 35.5 Å². The average Bonchev–Trinajstić information content (AvgIpc) is 2.87. The van der Waals surface area contributed by atoms with Gasteiger partial charge in [-0.3, -0.25) is 4.79 Å². The minimum absolute atomic E-state index is 0.0525. The fourth-order valence-corrected chi connectivity index (χ4v) is 4.33. The summed E-state index contributed by atoms with van der Waals surface area (Å²) >= 11 is 0. The largest absolute Gasteiger partial charge is 0.357 e. The summed E-state index contributed by atoms with van der Waals surface area (Å²) in [6.07, 6.45) is 0.718. The van der Waals surface area contributed by atoms with Crippen LogP contribution in [-0.4, -0.2) is 40.4 Å². The third-order valence-electron chi connectivity index (χ3n) is 6.46. The average molecular weight is 437 g/mol. The van der Waals surface area contributed by atoms with Crippen molar-refractivity contribution >= 4 is 22.5 Å². The minimum Gasteiger partial charge on any atom is -0.357 e. The second-order valence-electron chi connectivity index (χ2n) is 8.91. The fraction of sp³-hybridized carbons (Fsp3) is 0.250. The normalized spacial score (nSPS) is 13.3. The van der Waals surface area contributed by atoms with E-state index in [0.29, 0.717) is 13.1 Å². The Labute approximate surface area is 194 Å². The van der Waals surface area contributed by atoms with Gasteiger partial charge in [0.15, 0.2) is 5.82 Å². The van der Waals surface area contributed by atoms with Crippen molar-refractivity contribution in [2.45, 2.75) is 32.9 Å². The van der Waals surface area contributed by atoms with Gasteiger partial charge in [-0.25, -0.2) is 9.97 Å². The van der Waals surface area contributed by atoms with Gasteiger partial charge in [0.1, 0.15) is 5.82 Å². The lowest BCUT2D eigenvalue weighted by Crippen LogP contribution is -2.38. The van der Waals surface area contributed by atoms with Gasteiger partial charge in [-0.2, -0.15) is 0 Å². The zero-order chi connectivity index (χ0) is 22.9. The number of benzene rings is 3. The van der Waals surface area contributed by atoms with E-state index in [2.05, 4.69) is 31.9 Å². The molecule has 0 atom stereocenters. The van der Waals surface area contributed by atoms with Crippen molar-refractivity contribution in [3.8, 4) is 11.4 Å². The lowest BCUT2D eigenvalue weighted by atomic mass is 10.0. The zero-order valence-corrected chi connectivity index (χ0v) is 19.3. The van der Waals surface area contributed by atoms with Gasteiger partial charge in [0, 0.05) is 42.7 Å². The molecule has 0 spiro atoms. The second-order valence-corrected chi connectivity index (χ2v) is 8.91. The van der Waals surface area contributed by atoms with E-state index >= 15 is 0 Å². The molecular formula is C28H28N4O. The van der Waals surface area contributed by atoms with E-state index in [0.717, 1.165) is 51.2 Å². The third-order valence-corrected chi connectivity index (χ3v) is 6.46. The van der Waals surface area contributed by atoms with Crippen molar-refractivity contribution in [3.63, 3.8) is 0 Å². The molecule has 0 unspecified atom stereocenters. The van der Waals surface area contributed by atoms with Crippen LogP contribution in [0.3, 0.4) is 0 Å². The van der Waals surface area contributed by atoms with Gasteiger partial charge in [-0.1, -0.05) is 60.7 Å². The number of nitrogens with zero attached hydrogens (tertiary/aromatic N) is 4. The van der Waals surface area contributed by atoms with Crippen LogP contribution in [0, 0.1) is 0 Å². The van der Waals surface area contributed by atoms with Crippen molar-refractivity contribution in [1.29, 1.82) is 0 Å². The highest BCUT2D eigenvalue weighted by molar-refractivity contribution is 5.98. The molecular weight excluding hydrogens is 408 g/mol. The number of rotatable bonds is 4. The summed E-state index contributed by atoms with van der Waals surface area (Å²) in [6.45, 7) is 5.46. The number of fused-ring (bicyclic) bond motifs is 2. The molecule has 3 aromatic carbocycles. The topological polar surface area (TPSA) is 49.3 Å². The number of anilines is 1. The van der Waals surface area contributed by atoms with E-state index < -0.39 is 0 Å². The number of hydrogen-bond donors (Lipinski definition) is 0. The predicted octanol–water partition coefficient (Wildman–Crippen LogP) is 5.34. The van der Waals surface area contributed by atoms with Crippen LogP contribution >= 0.6 is 0 Å². The molecule has 0 saturated heterocycles. The van der Waals surface area contributed by atoms with Crippen LogP contribution in [0.2, 0.25) is 0 Å². The van der Waals surface area contributed by atoms with E-state index in [9.17, 15) is 4.79 Å². The first kappa shape index (κ1) is 21.1. The van der Waals surface area contributed by atoms with Crippen LogP contribution in [0.25, 0.3) is 22.2 Å². The Morgan fingerprint density at radius 2 is 1.67 bits per heavy atom. The Kier molecular flexibility index (Phi) is 5.55. The maximum absolute atomic E-state index is 13.4. The molecule has 1 amide bonds. The molecule has 1 aromatic heterocycles. The van der Waals surface area contributed by atoms with Crippen LogP contribution in [0.15, 0.2) is 72.8 Å². The van der Waals surface area contributed by atoms with Crippen LogP contribution < -0.4 is 4.90 Å². The van der Waals surface area contributed by atoms with E-state index in [1.807, 2.05) is 71.6 Å². The van der Waals surface area contributed by atoms with Crippen molar-refractivity contribution in [3.05, 3.63) is 89.6 Å². The Morgan fingerprint density at radius 1 is 0.939 bits per heavy atom. The standard InChI is InChI=1S/C28H28N4O/c1-19(2)31(3)27-24-18-32(28(33)23-14-13-20-9-7-8-12-22(20)17-23)16-15-25(24)29-26(30-27)21-10-5-4-6-11-21/h4-14,17,19H,15-16,18H2,1-3H3. The first-order valence-corrected chi connectivity index (χ1v) is 11.5. The van der Waals surface area contributed by atoms with Gasteiger partial charge >= 0.3 is 0 Å². The van der Waals surface area contributed by atoms with Crippen molar-refractivity contribution < 1.29 is 4.79 Å². The highest BCUT2D eigenvalue weighted by atomic mass is 16.2. The summed E-state index contributed by atoms with van der Waals surface area (Å²) in [5, 5.41) is 2.22. The summed E-state index contributed by atoms with van der Waals surface area (Å²) < 4.78 is 0. The van der Waals surface area contributed by atoms with Gasteiger partial charge in [-0.05, 0) is 36.8 Å². The SMILES string of the molecule is CC(C)N(C)c1nc(-c2ccccc2)nc2c1CN(C(=O)c1ccc3ccccc3c1)CC2. The van der Waals surface area contributed by atoms with Gasteiger partial charge < -0.3 is 9.80 Å². The van der Waals surface area contributed by atoms with Gasteiger partial charge in [0.2, 0.25) is 0 Å². The molecule has 2 heterocycles. The van der Waals surface area contributed by atoms with Crippen LogP contribution in [-0.2, 0) is 13.0 Å². The van der Waals surface area contributed by atoms with Crippen molar-refractivity contribution in [1.82, 2.24) is 14.9 Å². The maximum Gasteiger partial charge on any atom is 0.254 e. The monoisotopic (exact) mass is 436 g/mol. The highest BCUT2D eigenvalue weighted by Crippen LogP contribution is 2.31. The first-order chi connectivity index (χ1) is 16.0. The molecule has 1 aliphatic rings. The van der Waals surface area contributed by atoms with E-state index in [4.69, 9.17) is 9.97 Å². The van der Waals surface area contributed by atoms with E-state index in [-0.39, 0.29) is 11.9 Å². The molecule has 4 aromatic rings. The quantitative estimate of drug-likeness (QED) is 0.433. The Bertz CT molecular complexity index is 1320. The van der Waals surface area contributed by atoms with E-state index in [1.165, 1.54) is 0 Å². The molecule has 1 aliphatic heterocycles. The molecule has 0 bridgehead atoms. The number of carbonyl (C=O) groups excluding carboxylic acids is 1. The summed E-state index contributed by atoms with van der Waals surface area (Å²) in [7, 11) is 2.06. The molecule has 5 rings (SSSR count). The van der Waals surface area contributed by atoms with Gasteiger partial charge in [-0.15, -0.1) is 0 Å². The molecule has 0 N–H and O–H groups in total. The van der Waals surface area contributed by atoms with Crippen LogP contribution in [0.4, 0.5) is 5.82 Å². The predicted molar refractivity (Wildman–Crippen MR) is 133 cm³/mol. The second kappa shape index (κ2) is 8.66. The number of carbonyl (C=O) groups is 1. The molecule has 0 saturated carbocycles. The minimum atomic E-state index is 0.0525. The van der Waals surface area contributed by atoms with Gasteiger partial charge in [0.25, 0.3) is 5.91 Å². The fourth-order valence-electron chi connectivity index (χ4n) is 4.33. The molecule has 0 radical (unpaired) electrons. The summed E-state index contributed by atoms with van der Waals surface area (Å²) in [6, 6.07) is 24.4. The number of aromatic nitrogens is 2. The molecule has 5 nitrogen and oxygen atoms in total. The molecule has 166 valence electrons. The highest BCUT2D eigenvalue weighted by Gasteiger charge is 2.28. The number of hydrogen-bond acceptors (Lipinski definition) is 4. The smallest absolute Gasteiger partial charge is 0.254 e.